The SMILES string of the molecule is O=C1/C(=C\c2ccc(COc3ccccc3Br)o2)NC(=S)N1c1ccc(F)cc1. The minimum Gasteiger partial charge on any atom is -0.484 e. The summed E-state index contributed by atoms with van der Waals surface area (Å²) < 4.78 is 25.4. The number of carbonyl (C=O) groups is 1. The third-order valence-corrected chi connectivity index (χ3v) is 5.08. The molecule has 8 heteroatoms. The van der Waals surface area contributed by atoms with Crippen molar-refractivity contribution in [2.24, 2.45) is 0 Å². The Kier molecular flexibility index (Phi) is 5.46. The smallest absolute Gasteiger partial charge is 0.281 e. The van der Waals surface area contributed by atoms with E-state index in [1.165, 1.54) is 29.2 Å². The van der Waals surface area contributed by atoms with Crippen LogP contribution < -0.4 is 15.0 Å². The third kappa shape index (κ3) is 4.23. The Balaban J connectivity index is 1.47. The number of anilines is 1. The van der Waals surface area contributed by atoms with Crippen LogP contribution in [-0.2, 0) is 11.4 Å². The number of carbonyl (C=O) groups excluding carboxylic acids is 1. The first kappa shape index (κ1) is 19.4. The minimum atomic E-state index is -0.386. The van der Waals surface area contributed by atoms with Gasteiger partial charge in [0, 0.05) is 6.08 Å². The molecule has 5 nitrogen and oxygen atoms in total. The average Bonchev–Trinajstić information content (AvgIpc) is 3.26. The van der Waals surface area contributed by atoms with Gasteiger partial charge in [-0.05, 0) is 76.7 Å². The number of nitrogens with zero attached hydrogens (tertiary/aromatic N) is 1. The molecule has 1 N–H and O–H groups in total. The zero-order valence-corrected chi connectivity index (χ0v) is 17.3. The van der Waals surface area contributed by atoms with Gasteiger partial charge >= 0.3 is 0 Å². The number of benzene rings is 2. The summed E-state index contributed by atoms with van der Waals surface area (Å²) in [5.74, 6) is 1.06. The van der Waals surface area contributed by atoms with Gasteiger partial charge in [0.05, 0.1) is 10.2 Å². The number of furan rings is 1. The standard InChI is InChI=1S/C21H14BrFN2O3S/c22-17-3-1-2-4-19(17)27-12-16-10-9-15(28-16)11-18-20(26)25(21(29)24-18)14-7-5-13(23)6-8-14/h1-11H,12H2,(H,24,29)/b18-11+. The Labute approximate surface area is 179 Å². The van der Waals surface area contributed by atoms with Crippen molar-refractivity contribution >= 4 is 50.9 Å². The maximum atomic E-state index is 13.1. The first-order chi connectivity index (χ1) is 14.0. The van der Waals surface area contributed by atoms with Crippen molar-refractivity contribution in [3.05, 3.63) is 88.2 Å². The van der Waals surface area contributed by atoms with Crippen molar-refractivity contribution in [2.45, 2.75) is 6.61 Å². The molecular formula is C21H14BrFN2O3S. The second-order valence-electron chi connectivity index (χ2n) is 6.13. The molecule has 1 aromatic heterocycles. The predicted molar refractivity (Wildman–Crippen MR) is 115 cm³/mol. The van der Waals surface area contributed by atoms with Gasteiger partial charge in [0.25, 0.3) is 5.91 Å². The van der Waals surface area contributed by atoms with Crippen LogP contribution in [0.5, 0.6) is 5.75 Å². The van der Waals surface area contributed by atoms with E-state index in [0.717, 1.165) is 4.47 Å². The van der Waals surface area contributed by atoms with E-state index in [-0.39, 0.29) is 29.1 Å². The van der Waals surface area contributed by atoms with E-state index in [1.807, 2.05) is 24.3 Å². The van der Waals surface area contributed by atoms with Crippen LogP contribution in [0, 0.1) is 5.82 Å². The quantitative estimate of drug-likeness (QED) is 0.417. The van der Waals surface area contributed by atoms with E-state index in [2.05, 4.69) is 21.2 Å². The number of nitrogens with one attached hydrogen (secondary N) is 1. The van der Waals surface area contributed by atoms with Crippen LogP contribution in [-0.4, -0.2) is 11.0 Å². The molecular weight excluding hydrogens is 459 g/mol. The monoisotopic (exact) mass is 472 g/mol. The third-order valence-electron chi connectivity index (χ3n) is 4.14. The second kappa shape index (κ2) is 8.18. The summed E-state index contributed by atoms with van der Waals surface area (Å²) in [6.07, 6.45) is 1.57. The molecule has 4 rings (SSSR count). The zero-order chi connectivity index (χ0) is 20.4. The average molecular weight is 473 g/mol. The molecule has 0 aliphatic carbocycles. The fourth-order valence-electron chi connectivity index (χ4n) is 2.76. The molecule has 0 radical (unpaired) electrons. The van der Waals surface area contributed by atoms with Gasteiger partial charge in [0.15, 0.2) is 5.11 Å². The van der Waals surface area contributed by atoms with Gasteiger partial charge in [-0.2, -0.15) is 0 Å². The van der Waals surface area contributed by atoms with Crippen molar-refractivity contribution in [1.29, 1.82) is 0 Å². The normalized spacial score (nSPS) is 15.1. The number of thiocarbonyl (C=S) groups is 1. The Morgan fingerprint density at radius 2 is 1.90 bits per heavy atom. The van der Waals surface area contributed by atoms with Gasteiger partial charge in [0.1, 0.15) is 35.4 Å². The first-order valence-electron chi connectivity index (χ1n) is 8.60. The summed E-state index contributed by atoms with van der Waals surface area (Å²) in [4.78, 5) is 14.0. The van der Waals surface area contributed by atoms with E-state index in [1.54, 1.807) is 18.2 Å². The summed E-state index contributed by atoms with van der Waals surface area (Å²) in [6.45, 7) is 0.243. The highest BCUT2D eigenvalue weighted by Crippen LogP contribution is 2.26. The van der Waals surface area contributed by atoms with E-state index < -0.39 is 0 Å². The van der Waals surface area contributed by atoms with Gasteiger partial charge < -0.3 is 14.5 Å². The summed E-state index contributed by atoms with van der Waals surface area (Å²) >= 11 is 8.67. The van der Waals surface area contributed by atoms with Crippen LogP contribution >= 0.6 is 28.1 Å². The van der Waals surface area contributed by atoms with Crippen molar-refractivity contribution in [2.75, 3.05) is 4.90 Å². The highest BCUT2D eigenvalue weighted by molar-refractivity contribution is 9.10. The summed E-state index contributed by atoms with van der Waals surface area (Å²) in [7, 11) is 0. The fourth-order valence-corrected chi connectivity index (χ4v) is 3.46. The van der Waals surface area contributed by atoms with E-state index in [4.69, 9.17) is 21.4 Å². The van der Waals surface area contributed by atoms with E-state index in [0.29, 0.717) is 23.0 Å². The van der Waals surface area contributed by atoms with Gasteiger partial charge in [-0.3, -0.25) is 9.69 Å². The first-order valence-corrected chi connectivity index (χ1v) is 9.80. The fraction of sp³-hybridized carbons (Fsp3) is 0.0476. The lowest BCUT2D eigenvalue weighted by molar-refractivity contribution is -0.113. The predicted octanol–water partition coefficient (Wildman–Crippen LogP) is 5.02. The van der Waals surface area contributed by atoms with Gasteiger partial charge in [-0.15, -0.1) is 0 Å². The molecule has 0 unspecified atom stereocenters. The van der Waals surface area contributed by atoms with Crippen LogP contribution in [0.2, 0.25) is 0 Å². The summed E-state index contributed by atoms with van der Waals surface area (Å²) in [5.41, 5.74) is 0.756. The molecule has 0 bridgehead atoms. The maximum absolute atomic E-state index is 13.1. The number of rotatable bonds is 5. The largest absolute Gasteiger partial charge is 0.484 e. The van der Waals surface area contributed by atoms with Crippen LogP contribution in [0.4, 0.5) is 10.1 Å². The van der Waals surface area contributed by atoms with Crippen LogP contribution in [0.15, 0.2) is 75.3 Å². The molecule has 3 aromatic rings. The highest BCUT2D eigenvalue weighted by atomic mass is 79.9. The number of amides is 1. The summed E-state index contributed by atoms with van der Waals surface area (Å²) in [5, 5.41) is 3.09. The number of ether oxygens (including phenoxy) is 1. The van der Waals surface area contributed by atoms with Gasteiger partial charge in [-0.1, -0.05) is 12.1 Å². The number of hydrogen-bond donors (Lipinski definition) is 1. The number of para-hydroxylation sites is 1. The van der Waals surface area contributed by atoms with Crippen molar-refractivity contribution in [1.82, 2.24) is 5.32 Å². The molecule has 1 fully saturated rings. The van der Waals surface area contributed by atoms with Gasteiger partial charge in [0.2, 0.25) is 0 Å². The molecule has 1 aliphatic rings. The maximum Gasteiger partial charge on any atom is 0.281 e. The van der Waals surface area contributed by atoms with Gasteiger partial charge in [-0.25, -0.2) is 4.39 Å². The van der Waals surface area contributed by atoms with E-state index >= 15 is 0 Å². The van der Waals surface area contributed by atoms with Crippen molar-refractivity contribution < 1.29 is 18.3 Å². The lowest BCUT2D eigenvalue weighted by Gasteiger charge is -2.13. The molecule has 2 aromatic carbocycles. The molecule has 0 spiro atoms. The highest BCUT2D eigenvalue weighted by Gasteiger charge is 2.32. The zero-order valence-electron chi connectivity index (χ0n) is 14.9. The van der Waals surface area contributed by atoms with Crippen LogP contribution in [0.25, 0.3) is 6.08 Å². The molecule has 146 valence electrons. The molecule has 2 heterocycles. The van der Waals surface area contributed by atoms with Crippen LogP contribution in [0.3, 0.4) is 0 Å². The van der Waals surface area contributed by atoms with Crippen LogP contribution in [0.1, 0.15) is 11.5 Å². The Morgan fingerprint density at radius 1 is 1.14 bits per heavy atom. The number of hydrogen-bond acceptors (Lipinski definition) is 4. The lowest BCUT2D eigenvalue weighted by atomic mass is 10.2. The lowest BCUT2D eigenvalue weighted by Crippen LogP contribution is -2.30. The molecule has 29 heavy (non-hydrogen) atoms. The minimum absolute atomic E-state index is 0.219. The Bertz CT molecular complexity index is 1110. The Hall–Kier alpha value is -2.97. The topological polar surface area (TPSA) is 54.7 Å². The molecule has 1 saturated heterocycles. The van der Waals surface area contributed by atoms with Crippen molar-refractivity contribution in [3.63, 3.8) is 0 Å². The Morgan fingerprint density at radius 3 is 2.66 bits per heavy atom. The molecule has 0 atom stereocenters. The molecule has 0 saturated carbocycles. The van der Waals surface area contributed by atoms with E-state index in [9.17, 15) is 9.18 Å². The summed E-state index contributed by atoms with van der Waals surface area (Å²) in [6, 6.07) is 16.6. The number of halogens is 2. The molecule has 1 amide bonds. The van der Waals surface area contributed by atoms with Crippen molar-refractivity contribution in [3.8, 4) is 5.75 Å². The molecule has 1 aliphatic heterocycles. The second-order valence-corrected chi connectivity index (χ2v) is 7.37.